The molecule has 3 aliphatic heterocycles. The molecule has 13 heteroatoms. The van der Waals surface area contributed by atoms with Crippen LogP contribution in [0.25, 0.3) is 11.3 Å². The molecule has 6 heterocycles. The summed E-state index contributed by atoms with van der Waals surface area (Å²) >= 11 is 1.66. The highest BCUT2D eigenvalue weighted by atomic mass is 32.1. The number of rotatable bonds is 8. The van der Waals surface area contributed by atoms with Crippen molar-refractivity contribution in [2.75, 3.05) is 59.8 Å². The van der Waals surface area contributed by atoms with Gasteiger partial charge in [-0.2, -0.15) is 0 Å². The molecule has 2 N–H and O–H groups in total. The van der Waals surface area contributed by atoms with E-state index in [1.807, 2.05) is 31.2 Å². The Bertz CT molecular complexity index is 2170. The van der Waals surface area contributed by atoms with Gasteiger partial charge in [0.1, 0.15) is 5.82 Å². The summed E-state index contributed by atoms with van der Waals surface area (Å²) in [5.74, 6) is 0.449. The van der Waals surface area contributed by atoms with Crippen molar-refractivity contribution in [2.45, 2.75) is 70.9 Å². The van der Waals surface area contributed by atoms with Crippen LogP contribution in [0.5, 0.6) is 0 Å². The van der Waals surface area contributed by atoms with E-state index in [9.17, 15) is 14.4 Å². The lowest BCUT2D eigenvalue weighted by atomic mass is 9.92. The minimum Gasteiger partial charge on any atom is -0.381 e. The highest BCUT2D eigenvalue weighted by molar-refractivity contribution is 7.14. The Hall–Kier alpha value is -4.85. The fraction of sp³-hybridized carbons (Fsp3) is 0.439. The third-order valence-corrected chi connectivity index (χ3v) is 12.8. The van der Waals surface area contributed by atoms with Crippen LogP contribution in [0.2, 0.25) is 0 Å². The summed E-state index contributed by atoms with van der Waals surface area (Å²) in [5, 5.41) is 6.25. The zero-order chi connectivity index (χ0) is 37.5. The summed E-state index contributed by atoms with van der Waals surface area (Å²) in [4.78, 5) is 58.5. The molecule has 0 unspecified atom stereocenters. The number of nitrogens with zero attached hydrogens (tertiary/aromatic N) is 6. The highest BCUT2D eigenvalue weighted by Crippen LogP contribution is 2.40. The molecule has 1 atom stereocenters. The Labute approximate surface area is 319 Å². The number of carbonyl (C=O) groups is 2. The van der Waals surface area contributed by atoms with E-state index in [2.05, 4.69) is 38.9 Å². The molecular weight excluding hydrogens is 701 g/mol. The van der Waals surface area contributed by atoms with Gasteiger partial charge in [0.25, 0.3) is 11.5 Å². The van der Waals surface area contributed by atoms with E-state index in [0.29, 0.717) is 35.5 Å². The van der Waals surface area contributed by atoms with Gasteiger partial charge < -0.3 is 24.8 Å². The average Bonchev–Trinajstić information content (AvgIpc) is 3.57. The summed E-state index contributed by atoms with van der Waals surface area (Å²) < 4.78 is 7.10. The van der Waals surface area contributed by atoms with Crippen molar-refractivity contribution in [3.8, 4) is 11.3 Å². The molecule has 54 heavy (non-hydrogen) atoms. The largest absolute Gasteiger partial charge is 0.381 e. The molecule has 3 aromatic heterocycles. The molecule has 2 saturated heterocycles. The SMILES string of the molecule is C=CC(=O)Nc1cc(Nc2nc(-c3ccnc(N4CCc5c(sc6c5CCCC6)C4=O)c3C)cn(C)c2=O)ccc1N1CCN(C2CCOCC2)C[C@@H]1C. The molecule has 1 aromatic carbocycles. The highest BCUT2D eigenvalue weighted by Gasteiger charge is 2.34. The Balaban J connectivity index is 1.06. The predicted molar refractivity (Wildman–Crippen MR) is 215 cm³/mol. The molecule has 2 amide bonds. The van der Waals surface area contributed by atoms with Gasteiger partial charge in [-0.3, -0.25) is 24.2 Å². The van der Waals surface area contributed by atoms with Gasteiger partial charge in [0.2, 0.25) is 5.91 Å². The van der Waals surface area contributed by atoms with Gasteiger partial charge >= 0.3 is 0 Å². The predicted octanol–water partition coefficient (Wildman–Crippen LogP) is 5.85. The van der Waals surface area contributed by atoms with E-state index in [1.165, 1.54) is 39.5 Å². The second kappa shape index (κ2) is 15.1. The van der Waals surface area contributed by atoms with Crippen LogP contribution in [0.1, 0.15) is 63.8 Å². The first-order valence-corrected chi connectivity index (χ1v) is 19.9. The van der Waals surface area contributed by atoms with Crippen molar-refractivity contribution >= 4 is 51.8 Å². The van der Waals surface area contributed by atoms with Gasteiger partial charge in [0.15, 0.2) is 5.82 Å². The number of amides is 2. The average molecular weight is 749 g/mol. The second-order valence-corrected chi connectivity index (χ2v) is 16.0. The molecule has 4 aliphatic rings. The number of nitrogens with one attached hydrogen (secondary N) is 2. The quantitative estimate of drug-likeness (QED) is 0.214. The van der Waals surface area contributed by atoms with E-state index in [4.69, 9.17) is 9.72 Å². The normalized spacial score (nSPS) is 19.3. The standard InChI is InChI=1S/C41H48N8O4S/c1-5-36(50)44-32-22-27(10-11-34(32)48-19-18-47(23-25(48)2)28-14-20-53-21-15-28)43-38-41(52)46(4)24-33(45-38)29-12-16-42-39(26(29)3)49-17-13-31-30-8-6-7-9-35(30)54-37(31)40(49)51/h5,10-12,16,22,24-25,28H,1,6-9,13-15,17-21,23H2,2-4H3,(H,43,45)(H,44,50)/t25-/m0/s1. The van der Waals surface area contributed by atoms with E-state index in [-0.39, 0.29) is 29.2 Å². The van der Waals surface area contributed by atoms with Gasteiger partial charge in [-0.15, -0.1) is 11.3 Å². The molecule has 4 aromatic rings. The van der Waals surface area contributed by atoms with E-state index in [1.54, 1.807) is 35.7 Å². The summed E-state index contributed by atoms with van der Waals surface area (Å²) in [7, 11) is 1.70. The number of anilines is 5. The van der Waals surface area contributed by atoms with Gasteiger partial charge in [-0.05, 0) is 100 Å². The van der Waals surface area contributed by atoms with E-state index >= 15 is 0 Å². The zero-order valence-electron chi connectivity index (χ0n) is 31.3. The Morgan fingerprint density at radius 2 is 1.87 bits per heavy atom. The minimum absolute atomic E-state index is 0.0116. The van der Waals surface area contributed by atoms with Crippen molar-refractivity contribution in [2.24, 2.45) is 7.05 Å². The number of aryl methyl sites for hydroxylation is 2. The number of piperazine rings is 1. The molecule has 0 saturated carbocycles. The van der Waals surface area contributed by atoms with Crippen molar-refractivity contribution in [3.05, 3.63) is 86.1 Å². The second-order valence-electron chi connectivity index (χ2n) is 14.9. The first-order chi connectivity index (χ1) is 26.2. The summed E-state index contributed by atoms with van der Waals surface area (Å²) in [6.45, 7) is 12.7. The zero-order valence-corrected chi connectivity index (χ0v) is 32.1. The number of aromatic nitrogens is 3. The molecule has 8 rings (SSSR count). The minimum atomic E-state index is -0.316. The monoisotopic (exact) mass is 748 g/mol. The van der Waals surface area contributed by atoms with Crippen LogP contribution in [-0.2, 0) is 35.8 Å². The van der Waals surface area contributed by atoms with Gasteiger partial charge in [0.05, 0.1) is 21.9 Å². The third-order valence-electron chi connectivity index (χ3n) is 11.5. The Morgan fingerprint density at radius 3 is 2.67 bits per heavy atom. The van der Waals surface area contributed by atoms with E-state index in [0.717, 1.165) is 86.6 Å². The number of carbonyl (C=O) groups excluding carboxylic acids is 2. The van der Waals surface area contributed by atoms with Crippen LogP contribution < -0.4 is 26.0 Å². The summed E-state index contributed by atoms with van der Waals surface area (Å²) in [6, 6.07) is 8.38. The number of ether oxygens (including phenoxy) is 1. The van der Waals surface area contributed by atoms with Crippen LogP contribution in [-0.4, -0.2) is 82.7 Å². The van der Waals surface area contributed by atoms with Crippen LogP contribution in [0.15, 0.2) is 54.1 Å². The van der Waals surface area contributed by atoms with Gasteiger partial charge in [-0.1, -0.05) is 6.58 Å². The third kappa shape index (κ3) is 6.84. The fourth-order valence-corrected chi connectivity index (χ4v) is 10.0. The molecule has 282 valence electrons. The maximum Gasteiger partial charge on any atom is 0.293 e. The Morgan fingerprint density at radius 1 is 1.06 bits per heavy atom. The smallest absolute Gasteiger partial charge is 0.293 e. The fourth-order valence-electron chi connectivity index (χ4n) is 8.62. The number of fused-ring (bicyclic) bond motifs is 3. The lowest BCUT2D eigenvalue weighted by Gasteiger charge is -2.45. The molecule has 12 nitrogen and oxygen atoms in total. The number of pyridine rings is 1. The molecule has 1 aliphatic carbocycles. The van der Waals surface area contributed by atoms with Gasteiger partial charge in [-0.25, -0.2) is 9.97 Å². The number of hydrogen-bond acceptors (Lipinski definition) is 10. The maximum atomic E-state index is 13.9. The van der Waals surface area contributed by atoms with Crippen molar-refractivity contribution < 1.29 is 14.3 Å². The molecule has 0 radical (unpaired) electrons. The van der Waals surface area contributed by atoms with Crippen LogP contribution in [0.4, 0.5) is 28.7 Å². The van der Waals surface area contributed by atoms with Crippen LogP contribution in [0, 0.1) is 6.92 Å². The van der Waals surface area contributed by atoms with E-state index < -0.39 is 0 Å². The van der Waals surface area contributed by atoms with Crippen molar-refractivity contribution in [1.82, 2.24) is 19.4 Å². The molecule has 0 spiro atoms. The maximum absolute atomic E-state index is 13.9. The lowest BCUT2D eigenvalue weighted by molar-refractivity contribution is -0.111. The summed E-state index contributed by atoms with van der Waals surface area (Å²) in [5.41, 5.74) is 6.66. The van der Waals surface area contributed by atoms with Gasteiger partial charge in [0, 0.05) is 92.6 Å². The molecule has 2 fully saturated rings. The Kier molecular flexibility index (Phi) is 10.1. The summed E-state index contributed by atoms with van der Waals surface area (Å²) in [6.07, 6.45) is 12.1. The number of thiophene rings is 1. The molecular formula is C41H48N8O4S. The van der Waals surface area contributed by atoms with Crippen LogP contribution in [0.3, 0.4) is 0 Å². The first kappa shape index (κ1) is 36.1. The topological polar surface area (TPSA) is 125 Å². The van der Waals surface area contributed by atoms with Crippen molar-refractivity contribution in [1.29, 1.82) is 0 Å². The molecule has 0 bridgehead atoms. The van der Waals surface area contributed by atoms with Crippen LogP contribution >= 0.6 is 11.3 Å². The van der Waals surface area contributed by atoms with Crippen molar-refractivity contribution in [3.63, 3.8) is 0 Å². The number of hydrogen-bond donors (Lipinski definition) is 2. The number of benzene rings is 1. The first-order valence-electron chi connectivity index (χ1n) is 19.1. The lowest BCUT2D eigenvalue weighted by Crippen LogP contribution is -2.56.